The quantitative estimate of drug-likeness (QED) is 0.859. The highest BCUT2D eigenvalue weighted by Gasteiger charge is 2.34. The number of carbonyl (C=O) groups excluding carboxylic acids is 1. The van der Waals surface area contributed by atoms with Gasteiger partial charge in [0.05, 0.1) is 11.7 Å². The van der Waals surface area contributed by atoms with Crippen LogP contribution in [-0.4, -0.2) is 64.9 Å². The molecule has 1 aromatic carbocycles. The molecule has 1 amide bonds. The van der Waals surface area contributed by atoms with Crippen molar-refractivity contribution in [2.24, 2.45) is 5.92 Å². The smallest absolute Gasteiger partial charge is 0.253 e. The molecule has 1 N–H and O–H groups in total. The van der Waals surface area contributed by atoms with E-state index < -0.39 is 0 Å². The Labute approximate surface area is 171 Å². The molecular formula is C22H28FN5O. The van der Waals surface area contributed by atoms with Crippen molar-refractivity contribution < 1.29 is 9.18 Å². The Morgan fingerprint density at radius 3 is 2.45 bits per heavy atom. The molecule has 2 aliphatic rings. The average Bonchev–Trinajstić information content (AvgIpc) is 2.75. The van der Waals surface area contributed by atoms with Gasteiger partial charge in [-0.3, -0.25) is 9.69 Å². The number of carbonyl (C=O) groups is 1. The third kappa shape index (κ3) is 4.62. The van der Waals surface area contributed by atoms with E-state index in [2.05, 4.69) is 15.2 Å². The molecule has 3 heterocycles. The summed E-state index contributed by atoms with van der Waals surface area (Å²) < 4.78 is 13.2. The fourth-order valence-electron chi connectivity index (χ4n) is 4.50. The summed E-state index contributed by atoms with van der Waals surface area (Å²) in [6.07, 6.45) is 4.10. The average molecular weight is 397 g/mol. The Hall–Kier alpha value is -2.38. The number of nitrogens with zero attached hydrogens (tertiary/aromatic N) is 4. The first-order valence-corrected chi connectivity index (χ1v) is 10.4. The monoisotopic (exact) mass is 397 g/mol. The summed E-state index contributed by atoms with van der Waals surface area (Å²) in [6.45, 7) is 6.96. The maximum absolute atomic E-state index is 13.2. The molecule has 2 saturated heterocycles. The third-order valence-electron chi connectivity index (χ3n) is 6.02. The van der Waals surface area contributed by atoms with E-state index in [1.54, 1.807) is 12.1 Å². The van der Waals surface area contributed by atoms with E-state index >= 15 is 0 Å². The molecule has 6 nitrogen and oxygen atoms in total. The Kier molecular flexibility index (Phi) is 6.16. The molecule has 0 saturated carbocycles. The van der Waals surface area contributed by atoms with Crippen LogP contribution in [-0.2, 0) is 0 Å². The third-order valence-corrected chi connectivity index (χ3v) is 6.02. The standard InChI is InChI=1S/C22H28FN5O/c1-16-25-11-8-20(26-16)21(17-6-9-24-10-7-17)27-12-14-28(15-13-27)22(29)18-2-4-19(23)5-3-18/h2-5,8,11,17,21,24H,6-7,9-10,12-15H2,1H3. The van der Waals surface area contributed by atoms with Gasteiger partial charge in [0, 0.05) is 37.9 Å². The van der Waals surface area contributed by atoms with Gasteiger partial charge in [-0.1, -0.05) is 0 Å². The van der Waals surface area contributed by atoms with Crippen molar-refractivity contribution in [3.05, 3.63) is 59.4 Å². The number of rotatable bonds is 4. The van der Waals surface area contributed by atoms with Crippen molar-refractivity contribution in [1.29, 1.82) is 0 Å². The number of amides is 1. The second-order valence-electron chi connectivity index (χ2n) is 7.90. The summed E-state index contributed by atoms with van der Waals surface area (Å²) >= 11 is 0. The van der Waals surface area contributed by atoms with Crippen LogP contribution in [0.3, 0.4) is 0 Å². The van der Waals surface area contributed by atoms with E-state index in [0.717, 1.165) is 50.5 Å². The molecular weight excluding hydrogens is 369 g/mol. The van der Waals surface area contributed by atoms with Crippen LogP contribution in [0.4, 0.5) is 4.39 Å². The van der Waals surface area contributed by atoms with E-state index in [0.29, 0.717) is 24.6 Å². The van der Waals surface area contributed by atoms with Crippen LogP contribution in [0, 0.1) is 18.7 Å². The number of hydrogen-bond acceptors (Lipinski definition) is 5. The van der Waals surface area contributed by atoms with E-state index in [-0.39, 0.29) is 17.8 Å². The zero-order valence-corrected chi connectivity index (χ0v) is 16.9. The molecule has 7 heteroatoms. The van der Waals surface area contributed by atoms with Gasteiger partial charge in [0.15, 0.2) is 0 Å². The highest BCUT2D eigenvalue weighted by Crippen LogP contribution is 2.34. The van der Waals surface area contributed by atoms with E-state index in [1.807, 2.05) is 24.1 Å². The number of benzene rings is 1. The number of halogens is 1. The van der Waals surface area contributed by atoms with Crippen LogP contribution >= 0.6 is 0 Å². The highest BCUT2D eigenvalue weighted by molar-refractivity contribution is 5.94. The van der Waals surface area contributed by atoms with Crippen LogP contribution in [0.2, 0.25) is 0 Å². The molecule has 1 unspecified atom stereocenters. The Bertz CT molecular complexity index is 829. The maximum atomic E-state index is 13.2. The second-order valence-corrected chi connectivity index (χ2v) is 7.90. The van der Waals surface area contributed by atoms with Crippen molar-refractivity contribution in [1.82, 2.24) is 25.1 Å². The van der Waals surface area contributed by atoms with Gasteiger partial charge in [0.1, 0.15) is 11.6 Å². The Morgan fingerprint density at radius 1 is 1.10 bits per heavy atom. The molecule has 1 atom stereocenters. The first-order chi connectivity index (χ1) is 14.1. The molecule has 1 aromatic heterocycles. The summed E-state index contributed by atoms with van der Waals surface area (Å²) in [5.41, 5.74) is 1.63. The summed E-state index contributed by atoms with van der Waals surface area (Å²) in [7, 11) is 0. The summed E-state index contributed by atoms with van der Waals surface area (Å²) in [4.78, 5) is 26.1. The van der Waals surface area contributed by atoms with Crippen molar-refractivity contribution in [3.8, 4) is 0 Å². The molecule has 0 spiro atoms. The Balaban J connectivity index is 1.47. The lowest BCUT2D eigenvalue weighted by molar-refractivity contribution is 0.0437. The van der Waals surface area contributed by atoms with E-state index in [1.165, 1.54) is 12.1 Å². The summed E-state index contributed by atoms with van der Waals surface area (Å²) in [5, 5.41) is 3.45. The van der Waals surface area contributed by atoms with Gasteiger partial charge in [-0.25, -0.2) is 14.4 Å². The molecule has 154 valence electrons. The van der Waals surface area contributed by atoms with Crippen LogP contribution < -0.4 is 5.32 Å². The number of piperidine rings is 1. The van der Waals surface area contributed by atoms with Gasteiger partial charge >= 0.3 is 0 Å². The summed E-state index contributed by atoms with van der Waals surface area (Å²) in [6, 6.07) is 8.09. The molecule has 4 rings (SSSR count). The Morgan fingerprint density at radius 2 is 1.79 bits per heavy atom. The molecule has 2 aromatic rings. The minimum atomic E-state index is -0.323. The van der Waals surface area contributed by atoms with Crippen LogP contribution in [0.15, 0.2) is 36.5 Å². The number of piperazine rings is 1. The zero-order valence-electron chi connectivity index (χ0n) is 16.9. The van der Waals surface area contributed by atoms with Crippen LogP contribution in [0.25, 0.3) is 0 Å². The topological polar surface area (TPSA) is 61.4 Å². The second kappa shape index (κ2) is 8.97. The van der Waals surface area contributed by atoms with E-state index in [4.69, 9.17) is 4.98 Å². The molecule has 2 aliphatic heterocycles. The van der Waals surface area contributed by atoms with Gasteiger partial charge in [0.25, 0.3) is 5.91 Å². The largest absolute Gasteiger partial charge is 0.336 e. The van der Waals surface area contributed by atoms with Crippen LogP contribution in [0.1, 0.15) is 40.8 Å². The normalized spacial score (nSPS) is 19.9. The van der Waals surface area contributed by atoms with Crippen molar-refractivity contribution in [2.75, 3.05) is 39.3 Å². The SMILES string of the molecule is Cc1nccc(C(C2CCNCC2)N2CCN(C(=O)c3ccc(F)cc3)CC2)n1. The van der Waals surface area contributed by atoms with Crippen molar-refractivity contribution >= 4 is 5.91 Å². The summed E-state index contributed by atoms with van der Waals surface area (Å²) in [5.74, 6) is 0.994. The van der Waals surface area contributed by atoms with Gasteiger partial charge in [-0.05, 0) is 69.1 Å². The van der Waals surface area contributed by atoms with Gasteiger partial charge in [0.2, 0.25) is 0 Å². The first kappa shape index (κ1) is 19.9. The van der Waals surface area contributed by atoms with Crippen molar-refractivity contribution in [3.63, 3.8) is 0 Å². The molecule has 0 radical (unpaired) electrons. The van der Waals surface area contributed by atoms with Gasteiger partial charge in [-0.15, -0.1) is 0 Å². The van der Waals surface area contributed by atoms with Crippen LogP contribution in [0.5, 0.6) is 0 Å². The zero-order chi connectivity index (χ0) is 20.2. The number of nitrogens with one attached hydrogen (secondary N) is 1. The fraction of sp³-hybridized carbons (Fsp3) is 0.500. The molecule has 0 bridgehead atoms. The first-order valence-electron chi connectivity index (χ1n) is 10.4. The van der Waals surface area contributed by atoms with E-state index in [9.17, 15) is 9.18 Å². The highest BCUT2D eigenvalue weighted by atomic mass is 19.1. The minimum absolute atomic E-state index is 0.0269. The maximum Gasteiger partial charge on any atom is 0.253 e. The number of hydrogen-bond donors (Lipinski definition) is 1. The van der Waals surface area contributed by atoms with Gasteiger partial charge in [-0.2, -0.15) is 0 Å². The fourth-order valence-corrected chi connectivity index (χ4v) is 4.50. The number of aromatic nitrogens is 2. The lowest BCUT2D eigenvalue weighted by Gasteiger charge is -2.43. The lowest BCUT2D eigenvalue weighted by Crippen LogP contribution is -2.51. The predicted octanol–water partition coefficient (Wildman–Crippen LogP) is 2.42. The predicted molar refractivity (Wildman–Crippen MR) is 109 cm³/mol. The minimum Gasteiger partial charge on any atom is -0.336 e. The molecule has 0 aliphatic carbocycles. The molecule has 29 heavy (non-hydrogen) atoms. The number of aryl methyl sites for hydroxylation is 1. The van der Waals surface area contributed by atoms with Crippen molar-refractivity contribution in [2.45, 2.75) is 25.8 Å². The lowest BCUT2D eigenvalue weighted by atomic mass is 9.86. The van der Waals surface area contributed by atoms with Gasteiger partial charge < -0.3 is 10.2 Å². The molecule has 2 fully saturated rings.